The summed E-state index contributed by atoms with van der Waals surface area (Å²) in [5, 5.41) is 6.96. The fraction of sp³-hybridized carbons (Fsp3) is 0.238. The Morgan fingerprint density at radius 1 is 1.07 bits per heavy atom. The summed E-state index contributed by atoms with van der Waals surface area (Å²) in [4.78, 5) is 4.56. The quantitative estimate of drug-likeness (QED) is 0.425. The maximum atomic E-state index is 5.72. The first kappa shape index (κ1) is 19.7. The second-order valence-electron chi connectivity index (χ2n) is 6.22. The number of thiazole rings is 1. The van der Waals surface area contributed by atoms with Gasteiger partial charge in [0.05, 0.1) is 32.2 Å². The van der Waals surface area contributed by atoms with E-state index in [0.29, 0.717) is 16.6 Å². The van der Waals surface area contributed by atoms with Crippen LogP contribution >= 0.6 is 11.3 Å². The zero-order valence-electron chi connectivity index (χ0n) is 16.3. The van der Waals surface area contributed by atoms with Gasteiger partial charge in [-0.15, -0.1) is 11.3 Å². The number of benzene rings is 2. The van der Waals surface area contributed by atoms with E-state index >= 15 is 0 Å². The molecule has 0 aliphatic rings. The number of hydrogen-bond acceptors (Lipinski definition) is 7. The van der Waals surface area contributed by atoms with Gasteiger partial charge in [0.15, 0.2) is 11.5 Å². The molecule has 3 rings (SSSR count). The Morgan fingerprint density at radius 2 is 1.93 bits per heavy atom. The Labute approximate surface area is 168 Å². The van der Waals surface area contributed by atoms with Crippen LogP contribution in [-0.2, 0) is 0 Å². The van der Waals surface area contributed by atoms with Crippen molar-refractivity contribution in [2.45, 2.75) is 20.0 Å². The molecule has 1 aromatic heterocycles. The van der Waals surface area contributed by atoms with E-state index in [2.05, 4.69) is 15.5 Å². The number of hydrogen-bond donors (Lipinski definition) is 1. The van der Waals surface area contributed by atoms with Gasteiger partial charge in [0.2, 0.25) is 5.13 Å². The van der Waals surface area contributed by atoms with Crippen LogP contribution in [0, 0.1) is 0 Å². The summed E-state index contributed by atoms with van der Waals surface area (Å²) in [6.45, 7) is 3.96. The Bertz CT molecular complexity index is 954. The molecule has 0 spiro atoms. The minimum Gasteiger partial charge on any atom is -0.497 e. The van der Waals surface area contributed by atoms with Crippen molar-refractivity contribution in [1.82, 2.24) is 4.98 Å². The Kier molecular flexibility index (Phi) is 6.49. The molecule has 2 aromatic carbocycles. The van der Waals surface area contributed by atoms with Crippen LogP contribution in [0.4, 0.5) is 5.13 Å². The van der Waals surface area contributed by atoms with E-state index in [4.69, 9.17) is 14.2 Å². The van der Waals surface area contributed by atoms with Gasteiger partial charge in [-0.05, 0) is 49.7 Å². The van der Waals surface area contributed by atoms with E-state index in [1.165, 1.54) is 11.3 Å². The number of nitrogens with one attached hydrogen (secondary N) is 1. The minimum atomic E-state index is 0.0822. The summed E-state index contributed by atoms with van der Waals surface area (Å²) in [6.07, 6.45) is 1.80. The van der Waals surface area contributed by atoms with Crippen LogP contribution in [0.5, 0.6) is 17.2 Å². The second kappa shape index (κ2) is 9.23. The number of aromatic nitrogens is 1. The lowest BCUT2D eigenvalue weighted by molar-refractivity contribution is 0.230. The molecule has 0 bridgehead atoms. The van der Waals surface area contributed by atoms with Gasteiger partial charge in [0, 0.05) is 10.9 Å². The van der Waals surface area contributed by atoms with Crippen molar-refractivity contribution < 1.29 is 14.2 Å². The van der Waals surface area contributed by atoms with Gasteiger partial charge in [0.25, 0.3) is 0 Å². The van der Waals surface area contributed by atoms with E-state index in [0.717, 1.165) is 22.6 Å². The molecule has 0 saturated heterocycles. The first-order valence-electron chi connectivity index (χ1n) is 8.82. The molecule has 0 fully saturated rings. The number of anilines is 1. The minimum absolute atomic E-state index is 0.0822. The third-order valence-corrected chi connectivity index (χ3v) is 4.54. The SMILES string of the molecule is COc1cccc(-c2csc(N/N=C\c3ccc(OC(C)C)c(OC)c3)n2)c1. The van der Waals surface area contributed by atoms with Gasteiger partial charge < -0.3 is 14.2 Å². The highest BCUT2D eigenvalue weighted by Crippen LogP contribution is 2.29. The number of methoxy groups -OCH3 is 2. The van der Waals surface area contributed by atoms with E-state index in [1.54, 1.807) is 20.4 Å². The van der Waals surface area contributed by atoms with Gasteiger partial charge in [0.1, 0.15) is 5.75 Å². The standard InChI is InChI=1S/C21H23N3O3S/c1-14(2)27-19-9-8-15(10-20(19)26-4)12-22-24-21-23-18(13-28-21)16-6-5-7-17(11-16)25-3/h5-14H,1-4H3,(H,23,24)/b22-12-. The number of hydrazone groups is 1. The molecule has 0 radical (unpaired) electrons. The highest BCUT2D eigenvalue weighted by atomic mass is 32.1. The van der Waals surface area contributed by atoms with Crippen molar-refractivity contribution in [2.75, 3.05) is 19.6 Å². The molecule has 0 aliphatic heterocycles. The van der Waals surface area contributed by atoms with Crippen molar-refractivity contribution in [3.63, 3.8) is 0 Å². The molecule has 0 amide bonds. The topological polar surface area (TPSA) is 65.0 Å². The van der Waals surface area contributed by atoms with E-state index < -0.39 is 0 Å². The predicted molar refractivity (Wildman–Crippen MR) is 114 cm³/mol. The lowest BCUT2D eigenvalue weighted by Crippen LogP contribution is -2.06. The summed E-state index contributed by atoms with van der Waals surface area (Å²) < 4.78 is 16.4. The average Bonchev–Trinajstić information content (AvgIpc) is 3.17. The molecule has 7 heteroatoms. The third-order valence-electron chi connectivity index (χ3n) is 3.79. The number of ether oxygens (including phenoxy) is 3. The maximum Gasteiger partial charge on any atom is 0.203 e. The number of rotatable bonds is 8. The maximum absolute atomic E-state index is 5.72. The van der Waals surface area contributed by atoms with Crippen molar-refractivity contribution in [3.8, 4) is 28.5 Å². The first-order chi connectivity index (χ1) is 13.6. The van der Waals surface area contributed by atoms with Crippen molar-refractivity contribution >= 4 is 22.7 Å². The third kappa shape index (κ3) is 5.01. The lowest BCUT2D eigenvalue weighted by Gasteiger charge is -2.13. The molecular weight excluding hydrogens is 374 g/mol. The Morgan fingerprint density at radius 3 is 2.68 bits per heavy atom. The fourth-order valence-electron chi connectivity index (χ4n) is 2.52. The number of nitrogens with zero attached hydrogens (tertiary/aromatic N) is 2. The highest BCUT2D eigenvalue weighted by Gasteiger charge is 2.07. The molecular formula is C21H23N3O3S. The monoisotopic (exact) mass is 397 g/mol. The second-order valence-corrected chi connectivity index (χ2v) is 7.07. The fourth-order valence-corrected chi connectivity index (χ4v) is 3.19. The Hall–Kier alpha value is -3.06. The first-order valence-corrected chi connectivity index (χ1v) is 9.70. The summed E-state index contributed by atoms with van der Waals surface area (Å²) in [6, 6.07) is 13.5. The zero-order valence-corrected chi connectivity index (χ0v) is 17.1. The summed E-state index contributed by atoms with van der Waals surface area (Å²) in [5.41, 5.74) is 5.74. The van der Waals surface area contributed by atoms with Crippen LogP contribution in [0.1, 0.15) is 19.4 Å². The van der Waals surface area contributed by atoms with Crippen LogP contribution in [0.15, 0.2) is 52.9 Å². The van der Waals surface area contributed by atoms with Gasteiger partial charge in [-0.3, -0.25) is 5.43 Å². The molecule has 146 valence electrons. The van der Waals surface area contributed by atoms with Gasteiger partial charge in [-0.2, -0.15) is 5.10 Å². The van der Waals surface area contributed by atoms with Gasteiger partial charge >= 0.3 is 0 Å². The van der Waals surface area contributed by atoms with E-state index in [-0.39, 0.29) is 6.10 Å². The molecule has 3 aromatic rings. The lowest BCUT2D eigenvalue weighted by atomic mass is 10.2. The van der Waals surface area contributed by atoms with Gasteiger partial charge in [-0.1, -0.05) is 12.1 Å². The predicted octanol–water partition coefficient (Wildman–Crippen LogP) is 5.06. The average molecular weight is 398 g/mol. The van der Waals surface area contributed by atoms with Gasteiger partial charge in [-0.25, -0.2) is 4.98 Å². The molecule has 6 nitrogen and oxygen atoms in total. The van der Waals surface area contributed by atoms with E-state index in [9.17, 15) is 0 Å². The largest absolute Gasteiger partial charge is 0.497 e. The van der Waals surface area contributed by atoms with Crippen LogP contribution in [-0.4, -0.2) is 31.5 Å². The summed E-state index contributed by atoms with van der Waals surface area (Å²) >= 11 is 1.49. The molecule has 0 aliphatic carbocycles. The smallest absolute Gasteiger partial charge is 0.203 e. The van der Waals surface area contributed by atoms with Crippen molar-refractivity contribution in [3.05, 3.63) is 53.4 Å². The molecule has 1 heterocycles. The highest BCUT2D eigenvalue weighted by molar-refractivity contribution is 7.14. The van der Waals surface area contributed by atoms with Crippen molar-refractivity contribution in [1.29, 1.82) is 0 Å². The molecule has 1 N–H and O–H groups in total. The zero-order chi connectivity index (χ0) is 19.9. The van der Waals surface area contributed by atoms with Crippen LogP contribution in [0.25, 0.3) is 11.3 Å². The van der Waals surface area contributed by atoms with Crippen molar-refractivity contribution in [2.24, 2.45) is 5.10 Å². The Balaban J connectivity index is 1.67. The molecule has 0 unspecified atom stereocenters. The van der Waals surface area contributed by atoms with Crippen LogP contribution < -0.4 is 19.6 Å². The summed E-state index contributed by atoms with van der Waals surface area (Å²) in [5.74, 6) is 2.19. The molecule has 0 atom stereocenters. The summed E-state index contributed by atoms with van der Waals surface area (Å²) in [7, 11) is 3.27. The van der Waals surface area contributed by atoms with E-state index in [1.807, 2.05) is 61.7 Å². The molecule has 0 saturated carbocycles. The van der Waals surface area contributed by atoms with Crippen LogP contribution in [0.3, 0.4) is 0 Å². The van der Waals surface area contributed by atoms with Crippen LogP contribution in [0.2, 0.25) is 0 Å². The molecule has 28 heavy (non-hydrogen) atoms. The normalized spacial score (nSPS) is 11.0.